The van der Waals surface area contributed by atoms with Crippen molar-refractivity contribution < 1.29 is 9.18 Å². The Bertz CT molecular complexity index is 580. The molecule has 126 valence electrons. The van der Waals surface area contributed by atoms with Crippen LogP contribution in [0.4, 0.5) is 4.39 Å². The molecule has 2 heterocycles. The summed E-state index contributed by atoms with van der Waals surface area (Å²) in [6, 6.07) is 6.09. The monoisotopic (exact) mass is 358 g/mol. The molecule has 3 nitrogen and oxygen atoms in total. The summed E-state index contributed by atoms with van der Waals surface area (Å²) in [4.78, 5) is 12.4. The van der Waals surface area contributed by atoms with Crippen LogP contribution in [0.5, 0.6) is 0 Å². The van der Waals surface area contributed by atoms with Gasteiger partial charge in [0.15, 0.2) is 0 Å². The van der Waals surface area contributed by atoms with Crippen molar-refractivity contribution >= 4 is 29.9 Å². The number of piperidine rings is 1. The Morgan fingerprint density at radius 2 is 1.91 bits per heavy atom. The van der Waals surface area contributed by atoms with E-state index in [1.807, 2.05) is 0 Å². The molecule has 3 aliphatic rings. The summed E-state index contributed by atoms with van der Waals surface area (Å²) in [6.45, 7) is 0. The molecule has 1 aromatic rings. The van der Waals surface area contributed by atoms with Gasteiger partial charge in [0.1, 0.15) is 5.82 Å². The number of benzene rings is 1. The average molecular weight is 359 g/mol. The molecule has 3 fully saturated rings. The van der Waals surface area contributed by atoms with E-state index in [1.165, 1.54) is 18.9 Å². The normalized spacial score (nSPS) is 34.6. The van der Waals surface area contributed by atoms with Gasteiger partial charge >= 0.3 is 0 Å². The molecule has 0 radical (unpaired) electrons. The van der Waals surface area contributed by atoms with Crippen LogP contribution in [-0.2, 0) is 4.79 Å². The first-order chi connectivity index (χ1) is 10.6. The summed E-state index contributed by atoms with van der Waals surface area (Å²) in [7, 11) is 0. The molecule has 2 bridgehead atoms. The number of halogens is 3. The van der Waals surface area contributed by atoms with Crippen LogP contribution >= 0.6 is 24.0 Å². The second kappa shape index (κ2) is 6.58. The average Bonchev–Trinajstić information content (AvgIpc) is 3.18. The predicted octanol–water partition coefficient (Wildman–Crippen LogP) is 3.40. The highest BCUT2D eigenvalue weighted by molar-refractivity contribution is 6.31. The van der Waals surface area contributed by atoms with Crippen molar-refractivity contribution in [2.24, 2.45) is 5.92 Å². The molecule has 2 aliphatic heterocycles. The smallest absolute Gasteiger partial charge is 0.223 e. The van der Waals surface area contributed by atoms with Crippen LogP contribution < -0.4 is 10.6 Å². The van der Waals surface area contributed by atoms with Gasteiger partial charge in [-0.1, -0.05) is 17.7 Å². The molecule has 1 saturated carbocycles. The number of nitrogens with one attached hydrogen (secondary N) is 2. The van der Waals surface area contributed by atoms with Crippen molar-refractivity contribution in [1.29, 1.82) is 0 Å². The van der Waals surface area contributed by atoms with Gasteiger partial charge in [-0.05, 0) is 44.2 Å². The van der Waals surface area contributed by atoms with E-state index in [4.69, 9.17) is 11.6 Å². The standard InChI is InChI=1S/C17H20ClFN2O.ClH/c18-14-2-1-3-15(19)16(14)12-8-13(12)17(22)21-11-6-9-4-5-10(7-11)20-9;/h1-3,9-13,20H,4-8H2,(H,21,22);1H. The fourth-order valence-corrected chi connectivity index (χ4v) is 4.46. The lowest BCUT2D eigenvalue weighted by molar-refractivity contribution is -0.123. The Hall–Kier alpha value is -0.840. The largest absolute Gasteiger partial charge is 0.353 e. The number of carbonyl (C=O) groups is 1. The van der Waals surface area contributed by atoms with Crippen LogP contribution in [0.2, 0.25) is 5.02 Å². The Balaban J connectivity index is 0.00000156. The minimum absolute atomic E-state index is 0. The van der Waals surface area contributed by atoms with E-state index in [0.717, 1.165) is 12.8 Å². The summed E-state index contributed by atoms with van der Waals surface area (Å²) in [6.07, 6.45) is 5.16. The maximum Gasteiger partial charge on any atom is 0.223 e. The first-order valence-corrected chi connectivity index (χ1v) is 8.50. The van der Waals surface area contributed by atoms with Crippen LogP contribution in [0, 0.1) is 11.7 Å². The van der Waals surface area contributed by atoms with E-state index in [-0.39, 0.29) is 42.0 Å². The van der Waals surface area contributed by atoms with E-state index >= 15 is 0 Å². The number of carbonyl (C=O) groups excluding carboxylic acids is 1. The van der Waals surface area contributed by atoms with Crippen LogP contribution in [0.3, 0.4) is 0 Å². The molecule has 6 heteroatoms. The number of hydrogen-bond donors (Lipinski definition) is 2. The minimum Gasteiger partial charge on any atom is -0.353 e. The number of hydrogen-bond acceptors (Lipinski definition) is 2. The van der Waals surface area contributed by atoms with E-state index in [2.05, 4.69) is 10.6 Å². The zero-order chi connectivity index (χ0) is 15.3. The van der Waals surface area contributed by atoms with Gasteiger partial charge in [-0.25, -0.2) is 4.39 Å². The molecular formula is C17H21Cl2FN2O. The molecule has 4 rings (SSSR count). The number of amides is 1. The molecule has 4 unspecified atom stereocenters. The van der Waals surface area contributed by atoms with E-state index < -0.39 is 0 Å². The third kappa shape index (κ3) is 3.35. The van der Waals surface area contributed by atoms with E-state index in [0.29, 0.717) is 29.1 Å². The molecule has 0 spiro atoms. The van der Waals surface area contributed by atoms with Crippen molar-refractivity contribution in [3.05, 3.63) is 34.6 Å². The van der Waals surface area contributed by atoms with Gasteiger partial charge in [0.2, 0.25) is 5.91 Å². The maximum atomic E-state index is 13.9. The maximum absolute atomic E-state index is 13.9. The van der Waals surface area contributed by atoms with Gasteiger partial charge in [0.25, 0.3) is 0 Å². The molecule has 2 N–H and O–H groups in total. The SMILES string of the molecule is Cl.O=C(NC1CC2CCC(C1)N2)C1CC1c1c(F)cccc1Cl. The lowest BCUT2D eigenvalue weighted by Gasteiger charge is -2.29. The van der Waals surface area contributed by atoms with Crippen molar-refractivity contribution in [2.75, 3.05) is 0 Å². The highest BCUT2D eigenvalue weighted by Crippen LogP contribution is 2.50. The number of fused-ring (bicyclic) bond motifs is 2. The fourth-order valence-electron chi connectivity index (χ4n) is 4.15. The Morgan fingerprint density at radius 3 is 2.57 bits per heavy atom. The third-order valence-electron chi connectivity index (χ3n) is 5.32. The summed E-state index contributed by atoms with van der Waals surface area (Å²) in [5.74, 6) is -0.419. The third-order valence-corrected chi connectivity index (χ3v) is 5.65. The summed E-state index contributed by atoms with van der Waals surface area (Å²) in [5.41, 5.74) is 0.509. The van der Waals surface area contributed by atoms with Crippen molar-refractivity contribution in [1.82, 2.24) is 10.6 Å². The summed E-state index contributed by atoms with van der Waals surface area (Å²) < 4.78 is 13.9. The summed E-state index contributed by atoms with van der Waals surface area (Å²) >= 11 is 6.09. The quantitative estimate of drug-likeness (QED) is 0.869. The highest BCUT2D eigenvalue weighted by atomic mass is 35.5. The van der Waals surface area contributed by atoms with Gasteiger partial charge in [-0.15, -0.1) is 12.4 Å². The molecule has 1 aliphatic carbocycles. The minimum atomic E-state index is -0.298. The van der Waals surface area contributed by atoms with Gasteiger partial charge in [0, 0.05) is 40.5 Å². The topological polar surface area (TPSA) is 41.1 Å². The van der Waals surface area contributed by atoms with Crippen molar-refractivity contribution in [3.63, 3.8) is 0 Å². The van der Waals surface area contributed by atoms with Gasteiger partial charge in [-0.2, -0.15) is 0 Å². The lowest BCUT2D eigenvalue weighted by atomic mass is 9.99. The van der Waals surface area contributed by atoms with Crippen LogP contribution in [0.15, 0.2) is 18.2 Å². The molecule has 0 aromatic heterocycles. The van der Waals surface area contributed by atoms with Gasteiger partial charge in [0.05, 0.1) is 0 Å². The zero-order valence-electron chi connectivity index (χ0n) is 12.7. The van der Waals surface area contributed by atoms with Gasteiger partial charge < -0.3 is 10.6 Å². The zero-order valence-corrected chi connectivity index (χ0v) is 14.3. The Morgan fingerprint density at radius 1 is 1.22 bits per heavy atom. The van der Waals surface area contributed by atoms with Gasteiger partial charge in [-0.3, -0.25) is 4.79 Å². The highest BCUT2D eigenvalue weighted by Gasteiger charge is 2.47. The summed E-state index contributed by atoms with van der Waals surface area (Å²) in [5, 5.41) is 7.18. The van der Waals surface area contributed by atoms with E-state index in [1.54, 1.807) is 12.1 Å². The van der Waals surface area contributed by atoms with E-state index in [9.17, 15) is 9.18 Å². The van der Waals surface area contributed by atoms with Crippen molar-refractivity contribution in [2.45, 2.75) is 56.1 Å². The van der Waals surface area contributed by atoms with Crippen molar-refractivity contribution in [3.8, 4) is 0 Å². The Kier molecular flexibility index (Phi) is 4.86. The molecule has 4 atom stereocenters. The second-order valence-corrected chi connectivity index (χ2v) is 7.31. The lowest BCUT2D eigenvalue weighted by Crippen LogP contribution is -2.48. The molecule has 1 amide bonds. The number of rotatable bonds is 3. The van der Waals surface area contributed by atoms with Crippen LogP contribution in [0.1, 0.15) is 43.6 Å². The molecule has 1 aromatic carbocycles. The molecule has 2 saturated heterocycles. The predicted molar refractivity (Wildman–Crippen MR) is 90.6 cm³/mol. The fraction of sp³-hybridized carbons (Fsp3) is 0.588. The van der Waals surface area contributed by atoms with Crippen LogP contribution in [0.25, 0.3) is 0 Å². The Labute approximate surface area is 146 Å². The molecular weight excluding hydrogens is 338 g/mol. The van der Waals surface area contributed by atoms with Crippen LogP contribution in [-0.4, -0.2) is 24.0 Å². The first kappa shape index (κ1) is 17.0. The first-order valence-electron chi connectivity index (χ1n) is 8.12. The molecule has 23 heavy (non-hydrogen) atoms. The second-order valence-electron chi connectivity index (χ2n) is 6.90.